The predicted octanol–water partition coefficient (Wildman–Crippen LogP) is 7.90. The van der Waals surface area contributed by atoms with Crippen molar-refractivity contribution in [2.75, 3.05) is 40.9 Å². The van der Waals surface area contributed by atoms with Gasteiger partial charge in [-0.25, -0.2) is 4.57 Å². The Hall–Kier alpha value is -0.500. The van der Waals surface area contributed by atoms with E-state index in [2.05, 4.69) is 19.2 Å². The highest BCUT2D eigenvalue weighted by atomic mass is 31.2. The van der Waals surface area contributed by atoms with Crippen LogP contribution in [0, 0.1) is 0 Å². The molecule has 0 rings (SSSR count). The van der Waals surface area contributed by atoms with E-state index in [0.717, 1.165) is 38.5 Å². The lowest BCUT2D eigenvalue weighted by Crippen LogP contribution is -2.46. The third-order valence-electron chi connectivity index (χ3n) is 7.61. The molecule has 0 aromatic carbocycles. The van der Waals surface area contributed by atoms with Gasteiger partial charge in [0.25, 0.3) is 0 Å². The van der Waals surface area contributed by atoms with Gasteiger partial charge in [0, 0.05) is 6.42 Å². The van der Waals surface area contributed by atoms with Crippen LogP contribution in [0.1, 0.15) is 149 Å². The van der Waals surface area contributed by atoms with Crippen molar-refractivity contribution < 1.29 is 32.9 Å². The Kier molecular flexibility index (Phi) is 25.6. The normalized spacial score (nSPS) is 15.0. The summed E-state index contributed by atoms with van der Waals surface area (Å²) in [5, 5.41) is 13.7. The standard InChI is InChI=1S/C32H67N2O6P/c1-6-8-10-12-14-16-17-18-20-22-24-26-32(36)33-30(29-40-41(37,38)39-28-27-34(3,4)5)31(35)25-23-21-19-15-13-11-9-7-2/h30-31,35H,6-29H2,1-5H3,(H-,33,36,37,38)/p+1. The highest BCUT2D eigenvalue weighted by Gasteiger charge is 2.28. The summed E-state index contributed by atoms with van der Waals surface area (Å²) in [6, 6.07) is -0.748. The number of nitrogens with one attached hydrogen (secondary N) is 1. The number of hydrogen-bond acceptors (Lipinski definition) is 5. The molecule has 246 valence electrons. The number of hydrogen-bond donors (Lipinski definition) is 3. The Bertz CT molecular complexity index is 659. The summed E-state index contributed by atoms with van der Waals surface area (Å²) < 4.78 is 23.4. The second-order valence-electron chi connectivity index (χ2n) is 12.9. The molecule has 9 heteroatoms. The number of nitrogens with zero attached hydrogens (tertiary/aromatic N) is 1. The highest BCUT2D eigenvalue weighted by molar-refractivity contribution is 7.47. The molecule has 0 spiro atoms. The minimum atomic E-state index is -4.29. The minimum absolute atomic E-state index is 0.0774. The summed E-state index contributed by atoms with van der Waals surface area (Å²) in [7, 11) is 1.62. The summed E-state index contributed by atoms with van der Waals surface area (Å²) in [6.45, 7) is 4.82. The van der Waals surface area contributed by atoms with Crippen LogP contribution in [0.15, 0.2) is 0 Å². The van der Waals surface area contributed by atoms with E-state index < -0.39 is 20.0 Å². The van der Waals surface area contributed by atoms with E-state index in [1.807, 2.05) is 21.1 Å². The number of quaternary nitrogens is 1. The van der Waals surface area contributed by atoms with E-state index in [4.69, 9.17) is 9.05 Å². The fourth-order valence-corrected chi connectivity index (χ4v) is 5.54. The zero-order valence-electron chi connectivity index (χ0n) is 27.5. The van der Waals surface area contributed by atoms with Crippen molar-refractivity contribution in [3.05, 3.63) is 0 Å². The summed E-state index contributed by atoms with van der Waals surface area (Å²) >= 11 is 0. The van der Waals surface area contributed by atoms with Crippen molar-refractivity contribution in [1.82, 2.24) is 5.32 Å². The number of aliphatic hydroxyl groups excluding tert-OH is 1. The molecule has 0 aliphatic heterocycles. The lowest BCUT2D eigenvalue weighted by atomic mass is 10.0. The van der Waals surface area contributed by atoms with Gasteiger partial charge in [0.2, 0.25) is 5.91 Å². The van der Waals surface area contributed by atoms with Crippen molar-refractivity contribution in [3.63, 3.8) is 0 Å². The van der Waals surface area contributed by atoms with Crippen LogP contribution < -0.4 is 5.32 Å². The second kappa shape index (κ2) is 25.9. The van der Waals surface area contributed by atoms with E-state index in [1.165, 1.54) is 83.5 Å². The van der Waals surface area contributed by atoms with E-state index in [-0.39, 0.29) is 19.1 Å². The molecular weight excluding hydrogens is 539 g/mol. The molecule has 0 radical (unpaired) electrons. The van der Waals surface area contributed by atoms with Crippen LogP contribution in [0.5, 0.6) is 0 Å². The molecule has 8 nitrogen and oxygen atoms in total. The maximum atomic E-state index is 12.7. The van der Waals surface area contributed by atoms with Crippen LogP contribution in [0.3, 0.4) is 0 Å². The van der Waals surface area contributed by atoms with Crippen molar-refractivity contribution in [1.29, 1.82) is 0 Å². The Morgan fingerprint density at radius 3 is 1.63 bits per heavy atom. The quantitative estimate of drug-likeness (QED) is 0.0435. The van der Waals surface area contributed by atoms with Crippen LogP contribution >= 0.6 is 7.82 Å². The predicted molar refractivity (Wildman–Crippen MR) is 171 cm³/mol. The number of carbonyl (C=O) groups is 1. The number of phosphoric acid groups is 1. The first-order chi connectivity index (χ1) is 19.5. The summed E-state index contributed by atoms with van der Waals surface area (Å²) in [5.41, 5.74) is 0. The number of phosphoric ester groups is 1. The van der Waals surface area contributed by atoms with Crippen LogP contribution in [0.4, 0.5) is 0 Å². The summed E-state index contributed by atoms with van der Waals surface area (Å²) in [4.78, 5) is 22.8. The van der Waals surface area contributed by atoms with Crippen molar-refractivity contribution in [2.45, 2.75) is 161 Å². The molecule has 0 bridgehead atoms. The Labute approximate surface area is 253 Å². The van der Waals surface area contributed by atoms with E-state index in [0.29, 0.717) is 23.9 Å². The van der Waals surface area contributed by atoms with Gasteiger partial charge in [-0.15, -0.1) is 0 Å². The van der Waals surface area contributed by atoms with Crippen LogP contribution in [0.2, 0.25) is 0 Å². The summed E-state index contributed by atoms with van der Waals surface area (Å²) in [6.07, 6.45) is 22.7. The third-order valence-corrected chi connectivity index (χ3v) is 8.59. The molecule has 0 aliphatic rings. The number of rotatable bonds is 30. The number of amides is 1. The SMILES string of the molecule is CCCCCCCCCCCCCC(=O)NC(COP(=O)(O)OCC[N+](C)(C)C)C(O)CCCCCCCCCC. The number of likely N-dealkylation sites (N-methyl/N-ethyl adjacent to an activating group) is 1. The van der Waals surface area contributed by atoms with Gasteiger partial charge < -0.3 is 19.8 Å². The largest absolute Gasteiger partial charge is 0.472 e. The fraction of sp³-hybridized carbons (Fsp3) is 0.969. The lowest BCUT2D eigenvalue weighted by molar-refractivity contribution is -0.870. The smallest absolute Gasteiger partial charge is 0.391 e. The lowest BCUT2D eigenvalue weighted by Gasteiger charge is -2.26. The van der Waals surface area contributed by atoms with Crippen LogP contribution in [-0.4, -0.2) is 73.4 Å². The van der Waals surface area contributed by atoms with Gasteiger partial charge in [0.15, 0.2) is 0 Å². The molecule has 1 amide bonds. The van der Waals surface area contributed by atoms with Gasteiger partial charge in [-0.3, -0.25) is 13.8 Å². The average Bonchev–Trinajstić information content (AvgIpc) is 2.90. The molecule has 0 saturated carbocycles. The molecule has 3 N–H and O–H groups in total. The Morgan fingerprint density at radius 2 is 1.17 bits per heavy atom. The first-order valence-corrected chi connectivity index (χ1v) is 18.4. The maximum absolute atomic E-state index is 12.7. The molecule has 0 aliphatic carbocycles. The number of unbranched alkanes of at least 4 members (excludes halogenated alkanes) is 17. The Balaban J connectivity index is 4.51. The maximum Gasteiger partial charge on any atom is 0.472 e. The fourth-order valence-electron chi connectivity index (χ4n) is 4.81. The second-order valence-corrected chi connectivity index (χ2v) is 14.4. The molecule has 3 atom stereocenters. The zero-order chi connectivity index (χ0) is 30.8. The highest BCUT2D eigenvalue weighted by Crippen LogP contribution is 2.43. The van der Waals surface area contributed by atoms with Gasteiger partial charge in [0.1, 0.15) is 13.2 Å². The van der Waals surface area contributed by atoms with Crippen LogP contribution in [0.25, 0.3) is 0 Å². The first-order valence-electron chi connectivity index (χ1n) is 16.9. The molecule has 0 fully saturated rings. The zero-order valence-corrected chi connectivity index (χ0v) is 28.4. The van der Waals surface area contributed by atoms with Crippen molar-refractivity contribution >= 4 is 13.7 Å². The van der Waals surface area contributed by atoms with E-state index in [9.17, 15) is 19.4 Å². The number of carbonyl (C=O) groups excluding carboxylic acids is 1. The average molecular weight is 608 g/mol. The molecule has 0 saturated heterocycles. The number of aliphatic hydroxyl groups is 1. The van der Waals surface area contributed by atoms with Gasteiger partial charge in [-0.05, 0) is 12.8 Å². The molecule has 0 aromatic heterocycles. The van der Waals surface area contributed by atoms with E-state index >= 15 is 0 Å². The summed E-state index contributed by atoms with van der Waals surface area (Å²) in [5.74, 6) is -0.150. The van der Waals surface area contributed by atoms with Gasteiger partial charge in [-0.2, -0.15) is 0 Å². The minimum Gasteiger partial charge on any atom is -0.391 e. The van der Waals surface area contributed by atoms with E-state index in [1.54, 1.807) is 0 Å². The van der Waals surface area contributed by atoms with Crippen molar-refractivity contribution in [3.8, 4) is 0 Å². The molecule has 0 heterocycles. The molecular formula is C32H68N2O6P+. The van der Waals surface area contributed by atoms with Crippen LogP contribution in [-0.2, 0) is 18.4 Å². The monoisotopic (exact) mass is 607 g/mol. The Morgan fingerprint density at radius 1 is 0.732 bits per heavy atom. The third kappa shape index (κ3) is 28.1. The first kappa shape index (κ1) is 40.5. The van der Waals surface area contributed by atoms with Gasteiger partial charge in [0.05, 0.1) is 39.9 Å². The van der Waals surface area contributed by atoms with Gasteiger partial charge in [-0.1, -0.05) is 129 Å². The topological polar surface area (TPSA) is 105 Å². The molecule has 0 aromatic rings. The van der Waals surface area contributed by atoms with Crippen molar-refractivity contribution in [2.24, 2.45) is 0 Å². The molecule has 41 heavy (non-hydrogen) atoms. The molecule has 3 unspecified atom stereocenters. The van der Waals surface area contributed by atoms with Gasteiger partial charge >= 0.3 is 7.82 Å².